The van der Waals surface area contributed by atoms with E-state index in [9.17, 15) is 18.0 Å². The average molecular weight is 602 g/mol. The predicted molar refractivity (Wildman–Crippen MR) is 165 cm³/mol. The minimum atomic E-state index is -4.74. The van der Waals surface area contributed by atoms with Crippen molar-refractivity contribution in [1.29, 1.82) is 0 Å². The number of carbonyl (C=O) groups excluding carboxylic acids is 1. The maximum absolute atomic E-state index is 12.8. The number of alkyl halides is 3. The molecule has 11 heteroatoms. The number of benzene rings is 3. The third-order valence-corrected chi connectivity index (χ3v) is 8.25. The van der Waals surface area contributed by atoms with E-state index in [1.165, 1.54) is 23.9 Å². The molecule has 0 aliphatic carbocycles. The fourth-order valence-electron chi connectivity index (χ4n) is 5.06. The first-order valence-electron chi connectivity index (χ1n) is 13.6. The third kappa shape index (κ3) is 5.85. The summed E-state index contributed by atoms with van der Waals surface area (Å²) >= 11 is 1.37. The molecule has 1 aliphatic rings. The van der Waals surface area contributed by atoms with Gasteiger partial charge in [-0.2, -0.15) is 5.10 Å². The van der Waals surface area contributed by atoms with Crippen LogP contribution < -0.4 is 9.64 Å². The summed E-state index contributed by atoms with van der Waals surface area (Å²) in [5.74, 6) is 0.311. The van der Waals surface area contributed by atoms with Gasteiger partial charge in [0.15, 0.2) is 5.17 Å². The van der Waals surface area contributed by atoms with Gasteiger partial charge in [0.2, 0.25) is 5.91 Å². The fourth-order valence-corrected chi connectivity index (χ4v) is 5.87. The van der Waals surface area contributed by atoms with Crippen LogP contribution in [-0.2, 0) is 4.79 Å². The largest absolute Gasteiger partial charge is 0.573 e. The zero-order valence-electron chi connectivity index (χ0n) is 23.2. The minimum absolute atomic E-state index is 0.0194. The van der Waals surface area contributed by atoms with Crippen LogP contribution in [0.5, 0.6) is 5.75 Å². The smallest absolute Gasteiger partial charge is 0.406 e. The van der Waals surface area contributed by atoms with E-state index in [2.05, 4.69) is 39.8 Å². The van der Waals surface area contributed by atoms with E-state index in [-0.39, 0.29) is 11.7 Å². The first kappa shape index (κ1) is 28.5. The van der Waals surface area contributed by atoms with Gasteiger partial charge in [-0.15, -0.1) is 18.3 Å². The van der Waals surface area contributed by atoms with Gasteiger partial charge in [-0.1, -0.05) is 49.9 Å². The van der Waals surface area contributed by atoms with Crippen LogP contribution in [0.2, 0.25) is 0 Å². The van der Waals surface area contributed by atoms with Gasteiger partial charge in [-0.05, 0) is 77.4 Å². The van der Waals surface area contributed by atoms with E-state index < -0.39 is 6.36 Å². The Labute approximate surface area is 249 Å². The van der Waals surface area contributed by atoms with E-state index in [4.69, 9.17) is 0 Å². The molecule has 3 aromatic carbocycles. The summed E-state index contributed by atoms with van der Waals surface area (Å²) in [6, 6.07) is 21.4. The van der Waals surface area contributed by atoms with Crippen molar-refractivity contribution < 1.29 is 22.7 Å². The molecule has 5 aromatic rings. The molecule has 1 aliphatic heterocycles. The summed E-state index contributed by atoms with van der Waals surface area (Å²) in [6.45, 7) is 4.27. The number of para-hydroxylation sites is 1. The molecule has 2 aromatic heterocycles. The Bertz CT molecular complexity index is 1880. The van der Waals surface area contributed by atoms with Gasteiger partial charge in [0, 0.05) is 17.1 Å². The summed E-state index contributed by atoms with van der Waals surface area (Å²) in [4.78, 5) is 19.0. The number of anilines is 1. The van der Waals surface area contributed by atoms with Gasteiger partial charge < -0.3 is 4.74 Å². The number of hydrogen-bond acceptors (Lipinski definition) is 6. The Balaban J connectivity index is 1.25. The number of aromatic nitrogens is 2. The van der Waals surface area contributed by atoms with E-state index in [1.807, 2.05) is 53.1 Å². The summed E-state index contributed by atoms with van der Waals surface area (Å²) in [5.41, 5.74) is 4.93. The molecule has 1 saturated heterocycles. The monoisotopic (exact) mass is 601 g/mol. The zero-order chi connectivity index (χ0) is 30.1. The first-order valence-corrected chi connectivity index (χ1v) is 14.6. The van der Waals surface area contributed by atoms with Crippen LogP contribution in [0, 0.1) is 0 Å². The van der Waals surface area contributed by atoms with Crippen molar-refractivity contribution in [2.24, 2.45) is 10.2 Å². The highest BCUT2D eigenvalue weighted by Gasteiger charge is 2.32. The maximum atomic E-state index is 12.8. The molecule has 3 heterocycles. The van der Waals surface area contributed by atoms with Crippen molar-refractivity contribution in [2.45, 2.75) is 32.5 Å². The Morgan fingerprint density at radius 1 is 1.09 bits per heavy atom. The number of amidine groups is 1. The van der Waals surface area contributed by atoms with Crippen LogP contribution in [0.25, 0.3) is 27.7 Å². The molecule has 1 atom stereocenters. The number of imidazole rings is 1. The molecule has 0 N–H and O–H groups in total. The number of hydrogen-bond donors (Lipinski definition) is 0. The van der Waals surface area contributed by atoms with Crippen molar-refractivity contribution in [3.8, 4) is 17.0 Å². The van der Waals surface area contributed by atoms with Crippen molar-refractivity contribution in [2.75, 3.05) is 10.7 Å². The molecule has 218 valence electrons. The SMILES string of the molecule is CCC(C)c1ccccc1N1C(=O)CS/C1=N\N=C/c1ccc2c(ccn3c(-c4ccc(OC(F)(F)F)cc4)cnc23)c1. The summed E-state index contributed by atoms with van der Waals surface area (Å²) in [5, 5.41) is 11.1. The molecular weight excluding hydrogens is 575 g/mol. The Morgan fingerprint density at radius 2 is 1.88 bits per heavy atom. The molecule has 1 unspecified atom stereocenters. The summed E-state index contributed by atoms with van der Waals surface area (Å²) < 4.78 is 43.4. The maximum Gasteiger partial charge on any atom is 0.573 e. The molecule has 0 radical (unpaired) electrons. The fraction of sp³-hybridized carbons (Fsp3) is 0.188. The Hall–Kier alpha value is -4.64. The number of amides is 1. The van der Waals surface area contributed by atoms with Crippen LogP contribution in [0.1, 0.15) is 37.3 Å². The quantitative estimate of drug-likeness (QED) is 0.140. The lowest BCUT2D eigenvalue weighted by molar-refractivity contribution is -0.274. The normalized spacial score (nSPS) is 15.8. The van der Waals surface area contributed by atoms with Crippen molar-refractivity contribution in [3.63, 3.8) is 0 Å². The van der Waals surface area contributed by atoms with Crippen molar-refractivity contribution >= 4 is 51.2 Å². The molecule has 0 bridgehead atoms. The average Bonchev–Trinajstić information content (AvgIpc) is 3.59. The number of rotatable bonds is 7. The number of nitrogens with zero attached hydrogens (tertiary/aromatic N) is 5. The van der Waals surface area contributed by atoms with Crippen molar-refractivity contribution in [1.82, 2.24) is 9.38 Å². The first-order chi connectivity index (χ1) is 20.7. The lowest BCUT2D eigenvalue weighted by atomic mass is 9.96. The van der Waals surface area contributed by atoms with E-state index in [0.717, 1.165) is 39.7 Å². The molecular formula is C32H26F3N5O2S. The molecule has 0 spiro atoms. The minimum Gasteiger partial charge on any atom is -0.406 e. The highest BCUT2D eigenvalue weighted by Crippen LogP contribution is 2.34. The molecule has 7 nitrogen and oxygen atoms in total. The number of carbonyl (C=O) groups is 1. The molecule has 1 fully saturated rings. The van der Waals surface area contributed by atoms with Crippen LogP contribution in [0.4, 0.5) is 18.9 Å². The van der Waals surface area contributed by atoms with E-state index in [1.54, 1.807) is 29.4 Å². The molecule has 1 amide bonds. The van der Waals surface area contributed by atoms with Crippen LogP contribution >= 0.6 is 11.8 Å². The highest BCUT2D eigenvalue weighted by molar-refractivity contribution is 8.15. The molecule has 43 heavy (non-hydrogen) atoms. The van der Waals surface area contributed by atoms with Crippen molar-refractivity contribution in [3.05, 3.63) is 96.3 Å². The molecule has 6 rings (SSSR count). The van der Waals surface area contributed by atoms with E-state index in [0.29, 0.717) is 28.0 Å². The second kappa shape index (κ2) is 11.6. The van der Waals surface area contributed by atoms with Gasteiger partial charge in [-0.3, -0.25) is 14.1 Å². The third-order valence-electron chi connectivity index (χ3n) is 7.34. The number of thioether (sulfide) groups is 1. The lowest BCUT2D eigenvalue weighted by Crippen LogP contribution is -2.30. The Morgan fingerprint density at radius 3 is 2.65 bits per heavy atom. The predicted octanol–water partition coefficient (Wildman–Crippen LogP) is 8.04. The van der Waals surface area contributed by atoms with Crippen LogP contribution in [0.3, 0.4) is 0 Å². The second-order valence-corrected chi connectivity index (χ2v) is 11.0. The topological polar surface area (TPSA) is 71.6 Å². The number of halogens is 3. The van der Waals surface area contributed by atoms with Gasteiger partial charge in [0.25, 0.3) is 0 Å². The van der Waals surface area contributed by atoms with Gasteiger partial charge in [0.05, 0.1) is 29.5 Å². The van der Waals surface area contributed by atoms with E-state index >= 15 is 0 Å². The highest BCUT2D eigenvalue weighted by atomic mass is 32.2. The number of ether oxygens (including phenoxy) is 1. The summed E-state index contributed by atoms with van der Waals surface area (Å²) in [6.07, 6.45) is 1.42. The number of pyridine rings is 1. The van der Waals surface area contributed by atoms with Gasteiger partial charge in [-0.25, -0.2) is 4.98 Å². The Kier molecular flexibility index (Phi) is 7.66. The van der Waals surface area contributed by atoms with Crippen LogP contribution in [-0.4, -0.2) is 38.8 Å². The number of fused-ring (bicyclic) bond motifs is 3. The van der Waals surface area contributed by atoms with Gasteiger partial charge >= 0.3 is 6.36 Å². The van der Waals surface area contributed by atoms with Crippen LogP contribution in [0.15, 0.2) is 95.4 Å². The molecule has 0 saturated carbocycles. The summed E-state index contributed by atoms with van der Waals surface area (Å²) in [7, 11) is 0. The second-order valence-electron chi connectivity index (χ2n) is 10.1. The van der Waals surface area contributed by atoms with Gasteiger partial charge in [0.1, 0.15) is 11.4 Å². The zero-order valence-corrected chi connectivity index (χ0v) is 24.1. The lowest BCUT2D eigenvalue weighted by Gasteiger charge is -2.22. The standard InChI is InChI=1S/C32H26F3N5O2S/c1-3-20(2)25-6-4-5-7-27(25)40-29(41)19-43-31(40)38-37-17-21-8-13-26-23(16-21)14-15-39-28(18-36-30(26)39)22-9-11-24(12-10-22)42-32(33,34)35/h4-18,20H,3,19H2,1-2H3/b37-17-,38-31-.